The lowest BCUT2D eigenvalue weighted by molar-refractivity contribution is -0.128. The summed E-state index contributed by atoms with van der Waals surface area (Å²) in [5.74, 6) is -0.230. The Balaban J connectivity index is 2.46. The molecule has 1 saturated heterocycles. The first-order valence-electron chi connectivity index (χ1n) is 5.66. The topological polar surface area (TPSA) is 81.8 Å². The van der Waals surface area contributed by atoms with Crippen LogP contribution in [0, 0.1) is 0 Å². The van der Waals surface area contributed by atoms with Crippen molar-refractivity contribution in [1.29, 1.82) is 0 Å². The van der Waals surface area contributed by atoms with Gasteiger partial charge >= 0.3 is 0 Å². The van der Waals surface area contributed by atoms with Gasteiger partial charge in [0.1, 0.15) is 0 Å². The summed E-state index contributed by atoms with van der Waals surface area (Å²) >= 11 is 0. The van der Waals surface area contributed by atoms with Crippen molar-refractivity contribution in [2.45, 2.75) is 6.92 Å². The molecule has 0 aromatic rings. The van der Waals surface area contributed by atoms with Crippen LogP contribution in [-0.2, 0) is 15.0 Å². The van der Waals surface area contributed by atoms with Crippen molar-refractivity contribution in [3.8, 4) is 0 Å². The highest BCUT2D eigenvalue weighted by Gasteiger charge is 2.24. The molecule has 0 spiro atoms. The van der Waals surface area contributed by atoms with Gasteiger partial charge in [0, 0.05) is 39.8 Å². The third-order valence-corrected chi connectivity index (χ3v) is 4.28. The second-order valence-corrected chi connectivity index (χ2v) is 5.64. The maximum Gasteiger partial charge on any atom is 0.280 e. The van der Waals surface area contributed by atoms with E-state index in [-0.39, 0.29) is 12.5 Å². The van der Waals surface area contributed by atoms with Crippen molar-refractivity contribution in [3.63, 3.8) is 0 Å². The van der Waals surface area contributed by atoms with Crippen molar-refractivity contribution < 1.29 is 13.2 Å². The number of carbonyl (C=O) groups is 1. The Hall–Kier alpha value is -0.700. The van der Waals surface area contributed by atoms with Crippen LogP contribution in [0.25, 0.3) is 0 Å². The number of piperazine rings is 1. The minimum Gasteiger partial charge on any atom is -0.345 e. The molecule has 0 bridgehead atoms. The molecule has 1 fully saturated rings. The van der Waals surface area contributed by atoms with Crippen LogP contribution >= 0.6 is 0 Å². The van der Waals surface area contributed by atoms with Gasteiger partial charge in [0.25, 0.3) is 10.2 Å². The molecular weight excluding hydrogens is 244 g/mol. The first kappa shape index (κ1) is 14.4. The van der Waals surface area contributed by atoms with E-state index in [2.05, 4.69) is 10.0 Å². The second-order valence-electron chi connectivity index (χ2n) is 3.88. The summed E-state index contributed by atoms with van der Waals surface area (Å²) in [4.78, 5) is 12.9. The number of amides is 1. The summed E-state index contributed by atoms with van der Waals surface area (Å²) in [6.07, 6.45) is 0. The van der Waals surface area contributed by atoms with E-state index in [1.54, 1.807) is 7.05 Å². The lowest BCUT2D eigenvalue weighted by atomic mass is 10.4. The van der Waals surface area contributed by atoms with E-state index in [9.17, 15) is 13.2 Å². The average Bonchev–Trinajstić information content (AvgIpc) is 2.36. The maximum atomic E-state index is 11.8. The number of hydrogen-bond acceptors (Lipinski definition) is 4. The van der Waals surface area contributed by atoms with E-state index in [0.29, 0.717) is 32.7 Å². The molecule has 17 heavy (non-hydrogen) atoms. The molecule has 0 aromatic carbocycles. The normalized spacial score (nSPS) is 18.0. The predicted molar refractivity (Wildman–Crippen MR) is 64.7 cm³/mol. The second kappa shape index (κ2) is 6.29. The Morgan fingerprint density at radius 1 is 1.41 bits per heavy atom. The average molecular weight is 264 g/mol. The van der Waals surface area contributed by atoms with E-state index >= 15 is 0 Å². The van der Waals surface area contributed by atoms with Gasteiger partial charge in [-0.3, -0.25) is 4.79 Å². The highest BCUT2D eigenvalue weighted by atomic mass is 32.2. The third-order valence-electron chi connectivity index (χ3n) is 2.72. The summed E-state index contributed by atoms with van der Waals surface area (Å²) in [7, 11) is -1.88. The van der Waals surface area contributed by atoms with E-state index in [4.69, 9.17) is 0 Å². The zero-order valence-electron chi connectivity index (χ0n) is 10.3. The summed E-state index contributed by atoms with van der Waals surface area (Å²) in [5.41, 5.74) is 0. The highest BCUT2D eigenvalue weighted by Crippen LogP contribution is 1.99. The Morgan fingerprint density at radius 3 is 2.53 bits per heavy atom. The SMILES string of the molecule is CCN(C)C(=O)CNS(=O)(=O)N1CCNCC1. The molecule has 1 heterocycles. The predicted octanol–water partition coefficient (Wildman–Crippen LogP) is -1.80. The summed E-state index contributed by atoms with van der Waals surface area (Å²) in [5, 5.41) is 3.07. The van der Waals surface area contributed by atoms with Gasteiger partial charge in [-0.15, -0.1) is 0 Å². The van der Waals surface area contributed by atoms with E-state index in [0.717, 1.165) is 0 Å². The molecule has 1 aliphatic heterocycles. The number of nitrogens with one attached hydrogen (secondary N) is 2. The lowest BCUT2D eigenvalue weighted by Crippen LogP contribution is -2.51. The van der Waals surface area contributed by atoms with Crippen molar-refractivity contribution in [3.05, 3.63) is 0 Å². The van der Waals surface area contributed by atoms with Crippen molar-refractivity contribution in [1.82, 2.24) is 19.2 Å². The van der Waals surface area contributed by atoms with Crippen molar-refractivity contribution >= 4 is 16.1 Å². The first-order chi connectivity index (χ1) is 7.97. The molecule has 8 heteroatoms. The molecule has 0 unspecified atom stereocenters. The van der Waals surface area contributed by atoms with Crippen LogP contribution in [0.5, 0.6) is 0 Å². The molecular formula is C9H20N4O3S. The number of nitrogens with zero attached hydrogens (tertiary/aromatic N) is 2. The maximum absolute atomic E-state index is 11.8. The standard InChI is InChI=1S/C9H20N4O3S/c1-3-12(2)9(14)8-11-17(15,16)13-6-4-10-5-7-13/h10-11H,3-8H2,1-2H3. The first-order valence-corrected chi connectivity index (χ1v) is 7.11. The number of likely N-dealkylation sites (N-methyl/N-ethyl adjacent to an activating group) is 1. The number of rotatable bonds is 5. The Labute approximate surface area is 102 Å². The molecule has 0 radical (unpaired) electrons. The van der Waals surface area contributed by atoms with Crippen LogP contribution in [0.3, 0.4) is 0 Å². The Kier molecular flexibility index (Phi) is 5.31. The molecule has 1 rings (SSSR count). The van der Waals surface area contributed by atoms with E-state index in [1.807, 2.05) is 6.92 Å². The summed E-state index contributed by atoms with van der Waals surface area (Å²) in [6.45, 7) is 4.38. The molecule has 0 atom stereocenters. The van der Waals surface area contributed by atoms with Gasteiger partial charge in [-0.2, -0.15) is 17.4 Å². The van der Waals surface area contributed by atoms with Crippen LogP contribution < -0.4 is 10.0 Å². The fourth-order valence-electron chi connectivity index (χ4n) is 1.44. The fraction of sp³-hybridized carbons (Fsp3) is 0.889. The van der Waals surface area contributed by atoms with Crippen LogP contribution in [0.4, 0.5) is 0 Å². The minimum atomic E-state index is -3.52. The molecule has 1 amide bonds. The smallest absolute Gasteiger partial charge is 0.280 e. The van der Waals surface area contributed by atoms with Gasteiger partial charge in [0.05, 0.1) is 6.54 Å². The summed E-state index contributed by atoms with van der Waals surface area (Å²) < 4.78 is 27.3. The van der Waals surface area contributed by atoms with Gasteiger partial charge in [-0.25, -0.2) is 0 Å². The summed E-state index contributed by atoms with van der Waals surface area (Å²) in [6, 6.07) is 0. The van der Waals surface area contributed by atoms with Gasteiger partial charge in [0.2, 0.25) is 5.91 Å². The molecule has 2 N–H and O–H groups in total. The zero-order valence-corrected chi connectivity index (χ0v) is 11.1. The van der Waals surface area contributed by atoms with E-state index < -0.39 is 10.2 Å². The monoisotopic (exact) mass is 264 g/mol. The largest absolute Gasteiger partial charge is 0.345 e. The third kappa shape index (κ3) is 4.23. The zero-order chi connectivity index (χ0) is 12.9. The molecule has 0 saturated carbocycles. The lowest BCUT2D eigenvalue weighted by Gasteiger charge is -2.26. The highest BCUT2D eigenvalue weighted by molar-refractivity contribution is 7.87. The quantitative estimate of drug-likeness (QED) is 0.614. The van der Waals surface area contributed by atoms with E-state index in [1.165, 1.54) is 9.21 Å². The Morgan fingerprint density at radius 2 is 2.00 bits per heavy atom. The van der Waals surface area contributed by atoms with Gasteiger partial charge in [0.15, 0.2) is 0 Å². The van der Waals surface area contributed by atoms with Crippen LogP contribution in [0.1, 0.15) is 6.92 Å². The molecule has 7 nitrogen and oxygen atoms in total. The van der Waals surface area contributed by atoms with Crippen LogP contribution in [0.15, 0.2) is 0 Å². The fourth-order valence-corrected chi connectivity index (χ4v) is 2.59. The van der Waals surface area contributed by atoms with Crippen LogP contribution in [-0.4, -0.2) is 69.8 Å². The van der Waals surface area contributed by atoms with Gasteiger partial charge in [-0.05, 0) is 6.92 Å². The molecule has 100 valence electrons. The molecule has 0 aromatic heterocycles. The van der Waals surface area contributed by atoms with Gasteiger partial charge < -0.3 is 10.2 Å². The Bertz CT molecular complexity index is 351. The number of carbonyl (C=O) groups excluding carboxylic acids is 1. The van der Waals surface area contributed by atoms with Crippen molar-refractivity contribution in [2.75, 3.05) is 46.3 Å². The van der Waals surface area contributed by atoms with Crippen LogP contribution in [0.2, 0.25) is 0 Å². The molecule has 1 aliphatic rings. The van der Waals surface area contributed by atoms with Gasteiger partial charge in [-0.1, -0.05) is 0 Å². The van der Waals surface area contributed by atoms with Crippen molar-refractivity contribution in [2.24, 2.45) is 0 Å². The minimum absolute atomic E-state index is 0.184. The number of hydrogen-bond donors (Lipinski definition) is 2. The molecule has 0 aliphatic carbocycles.